The second kappa shape index (κ2) is 8.40. The van der Waals surface area contributed by atoms with Crippen LogP contribution in [0.4, 0.5) is 0 Å². The SMILES string of the molecule is CC(C)OCCC1OCC2O[C@@H]3OC(CCOC(C)C)O[C@@H]3C2O1. The molecule has 4 unspecified atom stereocenters. The lowest BCUT2D eigenvalue weighted by Crippen LogP contribution is -2.46. The molecule has 0 spiro atoms. The molecule has 0 N–H and O–H groups in total. The number of rotatable bonds is 8. The molecule has 0 aromatic rings. The average molecular weight is 346 g/mol. The van der Waals surface area contributed by atoms with E-state index in [1.54, 1.807) is 0 Å². The molecule has 0 saturated carbocycles. The van der Waals surface area contributed by atoms with Gasteiger partial charge in [-0.1, -0.05) is 0 Å². The van der Waals surface area contributed by atoms with Crippen LogP contribution in [0.25, 0.3) is 0 Å². The Morgan fingerprint density at radius 2 is 1.42 bits per heavy atom. The van der Waals surface area contributed by atoms with E-state index in [2.05, 4.69) is 0 Å². The monoisotopic (exact) mass is 346 g/mol. The molecular weight excluding hydrogens is 316 g/mol. The van der Waals surface area contributed by atoms with Crippen LogP contribution in [0.2, 0.25) is 0 Å². The van der Waals surface area contributed by atoms with Crippen molar-refractivity contribution >= 4 is 0 Å². The van der Waals surface area contributed by atoms with E-state index >= 15 is 0 Å². The third-order valence-electron chi connectivity index (χ3n) is 4.23. The van der Waals surface area contributed by atoms with E-state index in [1.807, 2.05) is 27.7 Å². The van der Waals surface area contributed by atoms with Gasteiger partial charge in [-0.25, -0.2) is 0 Å². The molecule has 0 aromatic heterocycles. The Kier molecular flexibility index (Phi) is 6.48. The molecule has 3 aliphatic heterocycles. The molecule has 0 bridgehead atoms. The molecule has 24 heavy (non-hydrogen) atoms. The molecule has 0 radical (unpaired) electrons. The van der Waals surface area contributed by atoms with Gasteiger partial charge in [0.05, 0.1) is 32.0 Å². The molecule has 7 nitrogen and oxygen atoms in total. The van der Waals surface area contributed by atoms with Crippen molar-refractivity contribution in [3.63, 3.8) is 0 Å². The molecule has 3 aliphatic rings. The quantitative estimate of drug-likeness (QED) is 0.664. The Morgan fingerprint density at radius 3 is 2.08 bits per heavy atom. The highest BCUT2D eigenvalue weighted by Gasteiger charge is 2.55. The summed E-state index contributed by atoms with van der Waals surface area (Å²) < 4.78 is 40.5. The molecular formula is C17H30O7. The van der Waals surface area contributed by atoms with Crippen LogP contribution < -0.4 is 0 Å². The first kappa shape index (κ1) is 18.5. The summed E-state index contributed by atoms with van der Waals surface area (Å²) in [7, 11) is 0. The first-order chi connectivity index (χ1) is 11.5. The van der Waals surface area contributed by atoms with E-state index in [4.69, 9.17) is 33.2 Å². The zero-order valence-electron chi connectivity index (χ0n) is 15.0. The minimum atomic E-state index is -0.377. The summed E-state index contributed by atoms with van der Waals surface area (Å²) in [6.45, 7) is 9.77. The van der Waals surface area contributed by atoms with Crippen molar-refractivity contribution in [1.82, 2.24) is 0 Å². The van der Waals surface area contributed by atoms with Gasteiger partial charge >= 0.3 is 0 Å². The topological polar surface area (TPSA) is 64.6 Å². The second-order valence-corrected chi connectivity index (χ2v) is 6.99. The lowest BCUT2D eigenvalue weighted by molar-refractivity contribution is -0.273. The zero-order valence-corrected chi connectivity index (χ0v) is 15.0. The molecule has 3 fully saturated rings. The highest BCUT2D eigenvalue weighted by molar-refractivity contribution is 4.94. The van der Waals surface area contributed by atoms with Crippen molar-refractivity contribution < 1.29 is 33.2 Å². The summed E-state index contributed by atoms with van der Waals surface area (Å²) in [6, 6.07) is 0. The maximum Gasteiger partial charge on any atom is 0.190 e. The van der Waals surface area contributed by atoms with Crippen LogP contribution in [0.5, 0.6) is 0 Å². The summed E-state index contributed by atoms with van der Waals surface area (Å²) in [5, 5.41) is 0. The average Bonchev–Trinajstić information content (AvgIpc) is 3.04. The van der Waals surface area contributed by atoms with Gasteiger partial charge in [-0.3, -0.25) is 0 Å². The molecule has 0 aliphatic carbocycles. The lowest BCUT2D eigenvalue weighted by atomic mass is 10.1. The van der Waals surface area contributed by atoms with Crippen LogP contribution in [0, 0.1) is 0 Å². The van der Waals surface area contributed by atoms with Crippen molar-refractivity contribution in [2.24, 2.45) is 0 Å². The third-order valence-corrected chi connectivity index (χ3v) is 4.23. The van der Waals surface area contributed by atoms with Crippen LogP contribution in [0.3, 0.4) is 0 Å². The van der Waals surface area contributed by atoms with Crippen molar-refractivity contribution in [3.8, 4) is 0 Å². The minimum absolute atomic E-state index is 0.130. The van der Waals surface area contributed by atoms with Gasteiger partial charge in [-0.2, -0.15) is 0 Å². The van der Waals surface area contributed by atoms with Gasteiger partial charge in [0, 0.05) is 12.8 Å². The van der Waals surface area contributed by atoms with E-state index in [0.29, 0.717) is 32.7 Å². The predicted octanol–water partition coefficient (Wildman–Crippen LogP) is 1.82. The third kappa shape index (κ3) is 4.66. The Hall–Kier alpha value is -0.280. The summed E-state index contributed by atoms with van der Waals surface area (Å²) >= 11 is 0. The Labute approximate surface area is 143 Å². The molecule has 3 rings (SSSR count). The van der Waals surface area contributed by atoms with Crippen LogP contribution in [-0.2, 0) is 33.2 Å². The number of hydrogen-bond acceptors (Lipinski definition) is 7. The molecule has 3 heterocycles. The minimum Gasteiger partial charge on any atom is -0.379 e. The first-order valence-corrected chi connectivity index (χ1v) is 8.99. The van der Waals surface area contributed by atoms with E-state index in [1.165, 1.54) is 0 Å². The van der Waals surface area contributed by atoms with Crippen LogP contribution in [-0.4, -0.2) is 69.2 Å². The van der Waals surface area contributed by atoms with Gasteiger partial charge < -0.3 is 33.2 Å². The van der Waals surface area contributed by atoms with Crippen molar-refractivity contribution in [3.05, 3.63) is 0 Å². The molecule has 0 amide bonds. The van der Waals surface area contributed by atoms with Gasteiger partial charge in [-0.05, 0) is 27.7 Å². The number of hydrogen-bond donors (Lipinski definition) is 0. The van der Waals surface area contributed by atoms with Crippen molar-refractivity contribution in [2.75, 3.05) is 19.8 Å². The highest BCUT2D eigenvalue weighted by atomic mass is 16.8. The smallest absolute Gasteiger partial charge is 0.190 e. The standard InChI is InChI=1S/C17H30O7/c1-10(2)18-7-5-13-20-9-12-15(22-13)16-17(21-12)24-14(23-16)6-8-19-11(3)4/h10-17H,5-9H2,1-4H3/t12?,13?,14?,15?,16-,17-/m1/s1. The van der Waals surface area contributed by atoms with Crippen LogP contribution in [0.15, 0.2) is 0 Å². The fourth-order valence-corrected chi connectivity index (χ4v) is 3.10. The highest BCUT2D eigenvalue weighted by Crippen LogP contribution is 2.38. The summed E-state index contributed by atoms with van der Waals surface area (Å²) in [4.78, 5) is 0. The normalized spacial score (nSPS) is 38.8. The molecule has 6 atom stereocenters. The summed E-state index contributed by atoms with van der Waals surface area (Å²) in [5.41, 5.74) is 0. The maximum absolute atomic E-state index is 6.03. The predicted molar refractivity (Wildman–Crippen MR) is 84.4 cm³/mol. The van der Waals surface area contributed by atoms with Gasteiger partial charge in [0.15, 0.2) is 18.9 Å². The second-order valence-electron chi connectivity index (χ2n) is 6.99. The van der Waals surface area contributed by atoms with Crippen molar-refractivity contribution in [2.45, 2.75) is 89.9 Å². The maximum atomic E-state index is 6.03. The fraction of sp³-hybridized carbons (Fsp3) is 1.00. The molecule has 3 saturated heterocycles. The Bertz CT molecular complexity index is 389. The fourth-order valence-electron chi connectivity index (χ4n) is 3.10. The number of fused-ring (bicyclic) bond motifs is 3. The zero-order chi connectivity index (χ0) is 17.1. The molecule has 0 aromatic carbocycles. The Balaban J connectivity index is 1.43. The largest absolute Gasteiger partial charge is 0.379 e. The van der Waals surface area contributed by atoms with Gasteiger partial charge in [-0.15, -0.1) is 0 Å². The van der Waals surface area contributed by atoms with E-state index in [9.17, 15) is 0 Å². The molecule has 140 valence electrons. The van der Waals surface area contributed by atoms with E-state index in [-0.39, 0.29) is 49.4 Å². The van der Waals surface area contributed by atoms with Crippen LogP contribution >= 0.6 is 0 Å². The lowest BCUT2D eigenvalue weighted by Gasteiger charge is -2.33. The van der Waals surface area contributed by atoms with Gasteiger partial charge in [0.25, 0.3) is 0 Å². The van der Waals surface area contributed by atoms with Crippen molar-refractivity contribution in [1.29, 1.82) is 0 Å². The van der Waals surface area contributed by atoms with Crippen LogP contribution in [0.1, 0.15) is 40.5 Å². The Morgan fingerprint density at radius 1 is 0.792 bits per heavy atom. The van der Waals surface area contributed by atoms with E-state index in [0.717, 1.165) is 0 Å². The van der Waals surface area contributed by atoms with Gasteiger partial charge in [0.2, 0.25) is 0 Å². The van der Waals surface area contributed by atoms with E-state index < -0.39 is 0 Å². The first-order valence-electron chi connectivity index (χ1n) is 8.99. The summed E-state index contributed by atoms with van der Waals surface area (Å²) in [6.07, 6.45) is 0.376. The molecule has 7 heteroatoms. The number of ether oxygens (including phenoxy) is 7. The van der Waals surface area contributed by atoms with Gasteiger partial charge in [0.1, 0.15) is 18.3 Å². The summed E-state index contributed by atoms with van der Waals surface area (Å²) in [5.74, 6) is 0.